The third-order valence-corrected chi connectivity index (χ3v) is 2.65. The van der Waals surface area contributed by atoms with Gasteiger partial charge in [-0.3, -0.25) is 4.79 Å². The molecule has 0 radical (unpaired) electrons. The fourth-order valence-electron chi connectivity index (χ4n) is 1.27. The molecule has 0 saturated carbocycles. The zero-order valence-electron chi connectivity index (χ0n) is 9.44. The molecule has 88 valence electrons. The van der Waals surface area contributed by atoms with Gasteiger partial charge in [0.15, 0.2) is 0 Å². The Bertz CT molecular complexity index is 340. The number of rotatable bonds is 5. The Morgan fingerprint density at radius 2 is 2.31 bits per heavy atom. The number of pyridine rings is 1. The Hall–Kier alpha value is -0.940. The van der Waals surface area contributed by atoms with Crippen LogP contribution in [0.5, 0.6) is 0 Å². The molecule has 1 aromatic heterocycles. The fraction of sp³-hybridized carbons (Fsp3) is 0.455. The van der Waals surface area contributed by atoms with Gasteiger partial charge in [-0.25, -0.2) is 4.98 Å². The maximum absolute atomic E-state index is 12.0. The monoisotopic (exact) mass is 286 g/mol. The molecular formula is C11H15BrN2O2. The lowest BCUT2D eigenvalue weighted by Crippen LogP contribution is -2.34. The number of ether oxygens (including phenoxy) is 1. The number of nitrogens with zero attached hydrogens (tertiary/aromatic N) is 2. The molecule has 4 nitrogen and oxygen atoms in total. The number of carbonyl (C=O) groups is 1. The second kappa shape index (κ2) is 6.60. The molecule has 0 spiro atoms. The fourth-order valence-corrected chi connectivity index (χ4v) is 1.50. The summed E-state index contributed by atoms with van der Waals surface area (Å²) in [4.78, 5) is 17.8. The van der Waals surface area contributed by atoms with Crippen LogP contribution in [0, 0.1) is 0 Å². The highest BCUT2D eigenvalue weighted by Crippen LogP contribution is 2.09. The molecule has 1 aromatic rings. The Morgan fingerprint density at radius 1 is 1.56 bits per heavy atom. The molecular weight excluding hydrogens is 272 g/mol. The minimum absolute atomic E-state index is 0.0629. The van der Waals surface area contributed by atoms with Gasteiger partial charge in [0.2, 0.25) is 0 Å². The normalized spacial score (nSPS) is 10.2. The van der Waals surface area contributed by atoms with E-state index >= 15 is 0 Å². The van der Waals surface area contributed by atoms with Gasteiger partial charge in [0.05, 0.1) is 6.61 Å². The highest BCUT2D eigenvalue weighted by Gasteiger charge is 2.14. The first kappa shape index (κ1) is 13.1. The molecule has 0 bridgehead atoms. The van der Waals surface area contributed by atoms with E-state index in [-0.39, 0.29) is 5.91 Å². The Morgan fingerprint density at radius 3 is 2.81 bits per heavy atom. The smallest absolute Gasteiger partial charge is 0.272 e. The van der Waals surface area contributed by atoms with Crippen molar-refractivity contribution in [3.8, 4) is 0 Å². The van der Waals surface area contributed by atoms with E-state index < -0.39 is 0 Å². The minimum atomic E-state index is -0.0629. The molecule has 0 N–H and O–H groups in total. The summed E-state index contributed by atoms with van der Waals surface area (Å²) >= 11 is 3.28. The van der Waals surface area contributed by atoms with Gasteiger partial charge in [-0.2, -0.15) is 0 Å². The van der Waals surface area contributed by atoms with Crippen LogP contribution in [0.3, 0.4) is 0 Å². The number of methoxy groups -OCH3 is 1. The van der Waals surface area contributed by atoms with E-state index in [0.717, 1.165) is 4.47 Å². The molecule has 0 saturated heterocycles. The molecule has 0 aliphatic carbocycles. The number of carbonyl (C=O) groups excluding carboxylic acids is 1. The van der Waals surface area contributed by atoms with E-state index in [1.165, 1.54) is 0 Å². The van der Waals surface area contributed by atoms with E-state index in [2.05, 4.69) is 20.9 Å². The molecule has 1 amide bonds. The number of amides is 1. The lowest BCUT2D eigenvalue weighted by Gasteiger charge is -2.19. The first-order chi connectivity index (χ1) is 7.69. The largest absolute Gasteiger partial charge is 0.383 e. The van der Waals surface area contributed by atoms with Crippen molar-refractivity contribution in [2.24, 2.45) is 0 Å². The number of hydrogen-bond acceptors (Lipinski definition) is 3. The lowest BCUT2D eigenvalue weighted by atomic mass is 10.3. The molecule has 1 heterocycles. The van der Waals surface area contributed by atoms with Crippen molar-refractivity contribution in [1.29, 1.82) is 0 Å². The van der Waals surface area contributed by atoms with E-state index in [1.54, 1.807) is 24.3 Å². The van der Waals surface area contributed by atoms with Crippen molar-refractivity contribution in [2.45, 2.75) is 6.92 Å². The van der Waals surface area contributed by atoms with Gasteiger partial charge < -0.3 is 9.64 Å². The Kier molecular flexibility index (Phi) is 5.42. The standard InChI is InChI=1S/C11H15BrN2O2/c1-3-14(6-7-16-2)11(15)10-5-4-9(12)8-13-10/h4-5,8H,3,6-7H2,1-2H3. The molecule has 16 heavy (non-hydrogen) atoms. The van der Waals surface area contributed by atoms with Gasteiger partial charge in [0, 0.05) is 30.9 Å². The van der Waals surface area contributed by atoms with Gasteiger partial charge in [-0.05, 0) is 35.0 Å². The molecule has 5 heteroatoms. The van der Waals surface area contributed by atoms with Gasteiger partial charge >= 0.3 is 0 Å². The van der Waals surface area contributed by atoms with Crippen molar-refractivity contribution < 1.29 is 9.53 Å². The Labute approximate surface area is 104 Å². The molecule has 0 unspecified atom stereocenters. The van der Waals surface area contributed by atoms with Gasteiger partial charge in [0.25, 0.3) is 5.91 Å². The van der Waals surface area contributed by atoms with Crippen LogP contribution in [-0.2, 0) is 4.74 Å². The Balaban J connectivity index is 2.70. The second-order valence-electron chi connectivity index (χ2n) is 3.24. The maximum Gasteiger partial charge on any atom is 0.272 e. The first-order valence-electron chi connectivity index (χ1n) is 5.08. The van der Waals surface area contributed by atoms with Crippen LogP contribution in [0.15, 0.2) is 22.8 Å². The quantitative estimate of drug-likeness (QED) is 0.831. The van der Waals surface area contributed by atoms with Crippen LogP contribution in [0.1, 0.15) is 17.4 Å². The van der Waals surface area contributed by atoms with Crippen LogP contribution in [0.2, 0.25) is 0 Å². The van der Waals surface area contributed by atoms with E-state index in [9.17, 15) is 4.79 Å². The zero-order chi connectivity index (χ0) is 12.0. The van der Waals surface area contributed by atoms with E-state index in [4.69, 9.17) is 4.74 Å². The number of aromatic nitrogens is 1. The van der Waals surface area contributed by atoms with Gasteiger partial charge in [-0.15, -0.1) is 0 Å². The maximum atomic E-state index is 12.0. The highest BCUT2D eigenvalue weighted by atomic mass is 79.9. The van der Waals surface area contributed by atoms with Crippen LogP contribution >= 0.6 is 15.9 Å². The summed E-state index contributed by atoms with van der Waals surface area (Å²) in [5, 5.41) is 0. The summed E-state index contributed by atoms with van der Waals surface area (Å²) in [6.07, 6.45) is 1.62. The molecule has 1 rings (SSSR count). The number of likely N-dealkylation sites (N-methyl/N-ethyl adjacent to an activating group) is 1. The molecule has 0 fully saturated rings. The molecule has 0 aliphatic rings. The summed E-state index contributed by atoms with van der Waals surface area (Å²) in [7, 11) is 1.62. The van der Waals surface area contributed by atoms with Crippen molar-refractivity contribution in [1.82, 2.24) is 9.88 Å². The summed E-state index contributed by atoms with van der Waals surface area (Å²) < 4.78 is 5.82. The minimum Gasteiger partial charge on any atom is -0.383 e. The van der Waals surface area contributed by atoms with Crippen molar-refractivity contribution >= 4 is 21.8 Å². The summed E-state index contributed by atoms with van der Waals surface area (Å²) in [5.41, 5.74) is 0.459. The third-order valence-electron chi connectivity index (χ3n) is 2.18. The zero-order valence-corrected chi connectivity index (χ0v) is 11.0. The molecule has 0 aliphatic heterocycles. The van der Waals surface area contributed by atoms with Gasteiger partial charge in [-0.1, -0.05) is 0 Å². The molecule has 0 atom stereocenters. The summed E-state index contributed by atoms with van der Waals surface area (Å²) in [5.74, 6) is -0.0629. The average Bonchev–Trinajstić information content (AvgIpc) is 2.30. The van der Waals surface area contributed by atoms with E-state index in [0.29, 0.717) is 25.4 Å². The number of hydrogen-bond donors (Lipinski definition) is 0. The first-order valence-corrected chi connectivity index (χ1v) is 5.88. The molecule has 0 aromatic carbocycles. The third kappa shape index (κ3) is 3.57. The predicted octanol–water partition coefficient (Wildman–Crippen LogP) is 1.95. The van der Waals surface area contributed by atoms with Crippen molar-refractivity contribution in [3.05, 3.63) is 28.5 Å². The second-order valence-corrected chi connectivity index (χ2v) is 4.15. The SMILES string of the molecule is CCN(CCOC)C(=O)c1ccc(Br)cn1. The topological polar surface area (TPSA) is 42.4 Å². The van der Waals surface area contributed by atoms with Crippen molar-refractivity contribution in [2.75, 3.05) is 26.8 Å². The predicted molar refractivity (Wildman–Crippen MR) is 65.4 cm³/mol. The summed E-state index contributed by atoms with van der Waals surface area (Å²) in [6, 6.07) is 3.52. The summed E-state index contributed by atoms with van der Waals surface area (Å²) in [6.45, 7) is 3.71. The van der Waals surface area contributed by atoms with Crippen molar-refractivity contribution in [3.63, 3.8) is 0 Å². The van der Waals surface area contributed by atoms with Crippen LogP contribution in [-0.4, -0.2) is 42.6 Å². The van der Waals surface area contributed by atoms with Crippen LogP contribution < -0.4 is 0 Å². The lowest BCUT2D eigenvalue weighted by molar-refractivity contribution is 0.0700. The van der Waals surface area contributed by atoms with E-state index in [1.807, 2.05) is 13.0 Å². The van der Waals surface area contributed by atoms with Gasteiger partial charge in [0.1, 0.15) is 5.69 Å². The van der Waals surface area contributed by atoms with Crippen LogP contribution in [0.25, 0.3) is 0 Å². The number of halogens is 1. The highest BCUT2D eigenvalue weighted by molar-refractivity contribution is 9.10. The average molecular weight is 287 g/mol. The van der Waals surface area contributed by atoms with Crippen LogP contribution in [0.4, 0.5) is 0 Å².